The van der Waals surface area contributed by atoms with Crippen LogP contribution in [-0.4, -0.2) is 46.1 Å². The van der Waals surface area contributed by atoms with Crippen LogP contribution in [0.15, 0.2) is 0 Å². The molecule has 0 saturated carbocycles. The lowest BCUT2D eigenvalue weighted by molar-refractivity contribution is -0.139. The number of aliphatic carboxylic acids is 2. The number of carbonyl (C=O) groups is 3. The van der Waals surface area contributed by atoms with Crippen LogP contribution in [0.5, 0.6) is 0 Å². The van der Waals surface area contributed by atoms with Crippen LogP contribution in [0.2, 0.25) is 0 Å². The summed E-state index contributed by atoms with van der Waals surface area (Å²) in [6, 6.07) is -2.76. The molecule has 0 amide bonds. The maximum atomic E-state index is 11.6. The van der Waals surface area contributed by atoms with E-state index >= 15 is 0 Å². The van der Waals surface area contributed by atoms with E-state index in [1.54, 1.807) is 0 Å². The Bertz CT molecular complexity index is 334. The highest BCUT2D eigenvalue weighted by atomic mass is 16.5. The summed E-state index contributed by atoms with van der Waals surface area (Å²) >= 11 is 0. The minimum absolute atomic E-state index is 0.000380. The van der Waals surface area contributed by atoms with Gasteiger partial charge in [-0.25, -0.2) is 0 Å². The van der Waals surface area contributed by atoms with Gasteiger partial charge in [0.05, 0.1) is 6.04 Å². The van der Waals surface area contributed by atoms with E-state index in [9.17, 15) is 14.4 Å². The zero-order valence-electron chi connectivity index (χ0n) is 10.6. The fourth-order valence-electron chi connectivity index (χ4n) is 1.45. The summed E-state index contributed by atoms with van der Waals surface area (Å²) in [5, 5.41) is 17.1. The third-order valence-corrected chi connectivity index (χ3v) is 2.78. The Labute approximate surface area is 110 Å². The lowest BCUT2D eigenvalue weighted by Gasteiger charge is -2.12. The van der Waals surface area contributed by atoms with Gasteiger partial charge in [-0.05, 0) is 25.7 Å². The molecule has 0 bridgehead atoms. The van der Waals surface area contributed by atoms with Gasteiger partial charge in [-0.15, -0.1) is 0 Å². The molecule has 8 nitrogen and oxygen atoms in total. The second-order valence-corrected chi connectivity index (χ2v) is 4.43. The maximum absolute atomic E-state index is 11.6. The zero-order valence-corrected chi connectivity index (χ0v) is 10.6. The highest BCUT2D eigenvalue weighted by molar-refractivity contribution is 5.84. The van der Waals surface area contributed by atoms with E-state index in [0.717, 1.165) is 0 Å². The van der Waals surface area contributed by atoms with Crippen LogP contribution in [0.3, 0.4) is 0 Å². The van der Waals surface area contributed by atoms with Crippen molar-refractivity contribution in [2.45, 2.75) is 50.2 Å². The van der Waals surface area contributed by atoms with E-state index < -0.39 is 30.1 Å². The Morgan fingerprint density at radius 1 is 0.789 bits per heavy atom. The van der Waals surface area contributed by atoms with Gasteiger partial charge in [0.2, 0.25) is 0 Å². The molecule has 8 heteroatoms. The van der Waals surface area contributed by atoms with Crippen molar-refractivity contribution in [3.8, 4) is 0 Å². The molecule has 1 unspecified atom stereocenters. The van der Waals surface area contributed by atoms with Crippen molar-refractivity contribution in [1.82, 2.24) is 0 Å². The molecule has 0 rings (SSSR count). The van der Waals surface area contributed by atoms with Crippen molar-refractivity contribution in [3.05, 3.63) is 0 Å². The second kappa shape index (κ2) is 8.57. The van der Waals surface area contributed by atoms with Crippen LogP contribution >= 0.6 is 0 Å². The highest BCUT2D eigenvalue weighted by Gasteiger charge is 2.18. The van der Waals surface area contributed by atoms with Crippen molar-refractivity contribution in [2.75, 3.05) is 0 Å². The van der Waals surface area contributed by atoms with Crippen molar-refractivity contribution < 1.29 is 24.6 Å². The number of carbonyl (C=O) groups excluding carboxylic acids is 1. The molecule has 0 aromatic carbocycles. The molecule has 0 aliphatic heterocycles. The molecular weight excluding hydrogens is 262 g/mol. The zero-order chi connectivity index (χ0) is 15.0. The first-order valence-corrected chi connectivity index (χ1v) is 6.00. The Hall–Kier alpha value is -1.51. The standard InChI is InChI=1S/C11H21N3O5/c12-6(2-1-3-7(13)10(16)17)9(15)5-4-8(14)11(18)19/h6-8H,1-5,12-14H2,(H,16,17)(H,18,19)/t6?,7-,8-/m0/s1/i1+1,2+1,3+1,6+1,7+1,10+1,12+1,13+1. The van der Waals surface area contributed by atoms with Gasteiger partial charge in [0.15, 0.2) is 0 Å². The SMILES string of the molecule is N[C@@H](CCC(=O)[13CH]([15NH2])[13CH2][13CH2][13CH2][13C@H]([15NH2])[13C](=O)O)C(=O)O. The minimum Gasteiger partial charge on any atom is -0.480 e. The van der Waals surface area contributed by atoms with Crippen molar-refractivity contribution in [1.29, 1.82) is 0 Å². The summed E-state index contributed by atoms with van der Waals surface area (Å²) in [4.78, 5) is 32.5. The summed E-state index contributed by atoms with van der Waals surface area (Å²) in [7, 11) is 0. The van der Waals surface area contributed by atoms with Crippen LogP contribution in [0, 0.1) is 0 Å². The first-order chi connectivity index (χ1) is 8.75. The van der Waals surface area contributed by atoms with Crippen molar-refractivity contribution >= 4 is 17.7 Å². The molecule has 0 aromatic rings. The van der Waals surface area contributed by atoms with E-state index in [1.165, 1.54) is 0 Å². The lowest BCUT2D eigenvalue weighted by Crippen LogP contribution is -2.35. The molecule has 0 spiro atoms. The number of carboxylic acid groups (broad SMARTS) is 2. The number of hydrogen-bond acceptors (Lipinski definition) is 6. The van der Waals surface area contributed by atoms with Crippen LogP contribution in [0.1, 0.15) is 32.1 Å². The van der Waals surface area contributed by atoms with Gasteiger partial charge >= 0.3 is 11.9 Å². The third-order valence-electron chi connectivity index (χ3n) is 2.78. The summed E-state index contributed by atoms with van der Waals surface area (Å²) in [5.41, 5.74) is 16.2. The molecule has 0 aliphatic carbocycles. The number of carboxylic acids is 2. The third kappa shape index (κ3) is 7.50. The van der Waals surface area contributed by atoms with Crippen LogP contribution < -0.4 is 17.2 Å². The largest absolute Gasteiger partial charge is 0.480 e. The molecule has 0 fully saturated rings. The van der Waals surface area contributed by atoms with Gasteiger partial charge in [0.1, 0.15) is 17.9 Å². The topological polar surface area (TPSA) is 170 Å². The quantitative estimate of drug-likeness (QED) is 0.242. The second-order valence-electron chi connectivity index (χ2n) is 4.43. The lowest BCUT2D eigenvalue weighted by atomic mass is 10.1. The van der Waals surface area contributed by atoms with E-state index in [2.05, 4.69) is 0 Å². The smallest absolute Gasteiger partial charge is 0.320 e. The van der Waals surface area contributed by atoms with Crippen LogP contribution in [-0.2, 0) is 14.4 Å². The Kier molecular flexibility index (Phi) is 7.89. The van der Waals surface area contributed by atoms with E-state index in [4.69, 9.17) is 27.4 Å². The predicted molar refractivity (Wildman–Crippen MR) is 67.3 cm³/mol. The monoisotopic (exact) mass is 283 g/mol. The summed E-state index contributed by atoms with van der Waals surface area (Å²) < 4.78 is 0. The van der Waals surface area contributed by atoms with Gasteiger partial charge in [0, 0.05) is 6.42 Å². The first-order valence-electron chi connectivity index (χ1n) is 6.00. The summed E-state index contributed by atoms with van der Waals surface area (Å²) in [6.45, 7) is 0. The van der Waals surface area contributed by atoms with Gasteiger partial charge in [-0.3, -0.25) is 14.4 Å². The Morgan fingerprint density at radius 2 is 1.21 bits per heavy atom. The van der Waals surface area contributed by atoms with Crippen molar-refractivity contribution in [2.24, 2.45) is 17.2 Å². The van der Waals surface area contributed by atoms with Gasteiger partial charge in [-0.2, -0.15) is 0 Å². The molecule has 0 saturated heterocycles. The van der Waals surface area contributed by atoms with E-state index in [-0.39, 0.29) is 25.0 Å². The van der Waals surface area contributed by atoms with E-state index in [1.807, 2.05) is 0 Å². The molecule has 8 N–H and O–H groups in total. The van der Waals surface area contributed by atoms with Crippen LogP contribution in [0.25, 0.3) is 0 Å². The Morgan fingerprint density at radius 3 is 1.68 bits per heavy atom. The van der Waals surface area contributed by atoms with Gasteiger partial charge in [0.25, 0.3) is 0 Å². The molecule has 0 heterocycles. The number of hydrogen-bond donors (Lipinski definition) is 5. The average molecular weight is 283 g/mol. The Balaban J connectivity index is 3.88. The van der Waals surface area contributed by atoms with Crippen molar-refractivity contribution in [3.63, 3.8) is 0 Å². The maximum Gasteiger partial charge on any atom is 0.320 e. The number of rotatable bonds is 10. The summed E-state index contributed by atoms with van der Waals surface area (Å²) in [6.07, 6.45) is 1.02. The number of ketones is 1. The fraction of sp³-hybridized carbons (Fsp3) is 0.727. The molecule has 0 aromatic heterocycles. The fourth-order valence-corrected chi connectivity index (χ4v) is 1.45. The molecule has 19 heavy (non-hydrogen) atoms. The van der Waals surface area contributed by atoms with Gasteiger partial charge in [-0.1, -0.05) is 0 Å². The molecule has 110 valence electrons. The summed E-state index contributed by atoms with van der Waals surface area (Å²) in [5.74, 6) is -2.53. The number of nitrogens with two attached hydrogens (primary N) is 3. The van der Waals surface area contributed by atoms with Gasteiger partial charge < -0.3 is 27.4 Å². The predicted octanol–water partition coefficient (Wildman–Crippen LogP) is -1.34. The average Bonchev–Trinajstić information content (AvgIpc) is 2.34. The van der Waals surface area contributed by atoms with E-state index in [0.29, 0.717) is 12.8 Å². The highest BCUT2D eigenvalue weighted by Crippen LogP contribution is 2.06. The molecule has 0 aliphatic rings. The molecular formula is C11H21N3O5. The van der Waals surface area contributed by atoms with Crippen LogP contribution in [0.4, 0.5) is 0 Å². The first kappa shape index (κ1) is 17.5. The normalized spacial score (nSPS) is 15.5. The molecule has 3 atom stereocenters. The molecule has 0 radical (unpaired) electrons. The number of Topliss-reactive ketones (excluding diaryl/α,β-unsaturated/α-hetero) is 1. The minimum atomic E-state index is -1.16.